The van der Waals surface area contributed by atoms with Crippen LogP contribution < -0.4 is 18.9 Å². The van der Waals surface area contributed by atoms with Crippen molar-refractivity contribution >= 4 is 5.97 Å². The molecular weight excluding hydrogens is 532 g/mol. The summed E-state index contributed by atoms with van der Waals surface area (Å²) in [6.07, 6.45) is 9.59. The zero-order valence-electron chi connectivity index (χ0n) is 24.6. The molecule has 3 saturated carbocycles. The summed E-state index contributed by atoms with van der Waals surface area (Å²) in [6.45, 7) is 0. The van der Waals surface area contributed by atoms with E-state index in [1.54, 1.807) is 32.4 Å². The molecule has 0 radical (unpaired) electrons. The van der Waals surface area contributed by atoms with Crippen molar-refractivity contribution in [3.8, 4) is 35.1 Å². The first-order valence-corrected chi connectivity index (χ1v) is 15.1. The number of ether oxygens (including phenoxy) is 4. The van der Waals surface area contributed by atoms with Gasteiger partial charge in [0, 0.05) is 0 Å². The number of carboxylic acids is 1. The standard InChI is InChI=1S/C34H40N2O6/c1-39-28-13-11-23(19-30(28)41-25-7-3-4-8-25)27(21-35)34(32(37)38)17-15-33(22-36,16-18-34)24-12-14-29(40-2)31(20-24)42-26-9-5-6-10-26/h11-14,19-20,25-27H,3-10,15-18H2,1-2H3,(H,37,38)/t27-,33?,34?/m1/s1. The molecule has 8 heteroatoms. The Morgan fingerprint density at radius 3 is 1.81 bits per heavy atom. The predicted molar refractivity (Wildman–Crippen MR) is 156 cm³/mol. The molecule has 2 aromatic carbocycles. The molecule has 0 bridgehead atoms. The minimum Gasteiger partial charge on any atom is -0.493 e. The molecule has 0 spiro atoms. The van der Waals surface area contributed by atoms with Gasteiger partial charge in [-0.3, -0.25) is 4.79 Å². The van der Waals surface area contributed by atoms with Crippen LogP contribution in [0.3, 0.4) is 0 Å². The summed E-state index contributed by atoms with van der Waals surface area (Å²) in [6, 6.07) is 15.8. The zero-order valence-corrected chi connectivity index (χ0v) is 24.6. The number of nitrogens with zero attached hydrogens (tertiary/aromatic N) is 2. The van der Waals surface area contributed by atoms with Gasteiger partial charge in [0.1, 0.15) is 0 Å². The van der Waals surface area contributed by atoms with Crippen molar-refractivity contribution in [3.63, 3.8) is 0 Å². The summed E-state index contributed by atoms with van der Waals surface area (Å²) in [4.78, 5) is 13.0. The van der Waals surface area contributed by atoms with Crippen molar-refractivity contribution in [1.29, 1.82) is 10.5 Å². The summed E-state index contributed by atoms with van der Waals surface area (Å²) >= 11 is 0. The lowest BCUT2D eigenvalue weighted by atomic mass is 9.57. The van der Waals surface area contributed by atoms with E-state index in [1.165, 1.54) is 0 Å². The maximum absolute atomic E-state index is 13.0. The summed E-state index contributed by atoms with van der Waals surface area (Å²) in [5.74, 6) is 0.408. The Morgan fingerprint density at radius 1 is 0.810 bits per heavy atom. The minimum absolute atomic E-state index is 0.0843. The highest BCUT2D eigenvalue weighted by Gasteiger charge is 2.53. The van der Waals surface area contributed by atoms with E-state index in [0.717, 1.165) is 56.9 Å². The second kappa shape index (κ2) is 12.5. The molecule has 0 heterocycles. The van der Waals surface area contributed by atoms with Gasteiger partial charge < -0.3 is 24.1 Å². The van der Waals surface area contributed by atoms with Crippen LogP contribution in [0.25, 0.3) is 0 Å². The van der Waals surface area contributed by atoms with Gasteiger partial charge in [-0.15, -0.1) is 0 Å². The van der Waals surface area contributed by atoms with Crippen molar-refractivity contribution < 1.29 is 28.8 Å². The SMILES string of the molecule is COc1ccc([C@@H](C#N)C2(C(=O)O)CCC(C#N)(c3ccc(OC)c(OC4CCCC4)c3)CC2)cc1OC1CCCC1. The number of rotatable bonds is 10. The Morgan fingerprint density at radius 2 is 1.33 bits per heavy atom. The fourth-order valence-corrected chi connectivity index (χ4v) is 7.13. The van der Waals surface area contributed by atoms with Crippen molar-refractivity contribution in [2.45, 2.75) is 101 Å². The van der Waals surface area contributed by atoms with Gasteiger partial charge in [0.25, 0.3) is 0 Å². The summed E-state index contributed by atoms with van der Waals surface area (Å²) in [5, 5.41) is 31.5. The number of hydrogen-bond donors (Lipinski definition) is 1. The number of benzene rings is 2. The lowest BCUT2D eigenvalue weighted by Gasteiger charge is -2.43. The molecule has 0 aromatic heterocycles. The lowest BCUT2D eigenvalue weighted by Crippen LogP contribution is -2.44. The third-order valence-corrected chi connectivity index (χ3v) is 9.75. The van der Waals surface area contributed by atoms with E-state index >= 15 is 0 Å². The normalized spacial score (nSPS) is 25.2. The Bertz CT molecular complexity index is 1360. The quantitative estimate of drug-likeness (QED) is 0.321. The molecule has 0 unspecified atom stereocenters. The maximum atomic E-state index is 13.0. The van der Waals surface area contributed by atoms with E-state index in [4.69, 9.17) is 18.9 Å². The third kappa shape index (κ3) is 5.60. The van der Waals surface area contributed by atoms with Crippen LogP contribution in [0.4, 0.5) is 0 Å². The topological polar surface area (TPSA) is 122 Å². The molecule has 42 heavy (non-hydrogen) atoms. The molecule has 5 rings (SSSR count). The second-order valence-corrected chi connectivity index (χ2v) is 12.0. The summed E-state index contributed by atoms with van der Waals surface area (Å²) in [7, 11) is 3.17. The smallest absolute Gasteiger partial charge is 0.311 e. The van der Waals surface area contributed by atoms with Gasteiger partial charge in [0.2, 0.25) is 0 Å². The highest BCUT2D eigenvalue weighted by Crippen LogP contribution is 2.54. The molecule has 1 N–H and O–H groups in total. The van der Waals surface area contributed by atoms with Crippen molar-refractivity contribution in [1.82, 2.24) is 0 Å². The fraction of sp³-hybridized carbons (Fsp3) is 0.559. The fourth-order valence-electron chi connectivity index (χ4n) is 7.13. The Balaban J connectivity index is 1.43. The van der Waals surface area contributed by atoms with E-state index in [1.807, 2.05) is 18.2 Å². The van der Waals surface area contributed by atoms with Crippen LogP contribution in [-0.2, 0) is 10.2 Å². The molecule has 0 saturated heterocycles. The highest BCUT2D eigenvalue weighted by atomic mass is 16.5. The van der Waals surface area contributed by atoms with Crippen molar-refractivity contribution in [2.24, 2.45) is 5.41 Å². The van der Waals surface area contributed by atoms with Crippen LogP contribution >= 0.6 is 0 Å². The molecule has 3 aliphatic rings. The monoisotopic (exact) mass is 572 g/mol. The number of carbonyl (C=O) groups is 1. The molecule has 1 atom stereocenters. The zero-order chi connectivity index (χ0) is 29.7. The van der Waals surface area contributed by atoms with Crippen LogP contribution in [0, 0.1) is 28.1 Å². The van der Waals surface area contributed by atoms with E-state index in [-0.39, 0.29) is 25.0 Å². The summed E-state index contributed by atoms with van der Waals surface area (Å²) in [5.41, 5.74) is -0.850. The average molecular weight is 573 g/mol. The molecule has 0 amide bonds. The van der Waals surface area contributed by atoms with Crippen LogP contribution in [-0.4, -0.2) is 37.5 Å². The lowest BCUT2D eigenvalue weighted by molar-refractivity contribution is -0.152. The molecule has 0 aliphatic heterocycles. The Hall–Kier alpha value is -3.91. The third-order valence-electron chi connectivity index (χ3n) is 9.75. The number of hydrogen-bond acceptors (Lipinski definition) is 7. The molecule has 3 aliphatic carbocycles. The van der Waals surface area contributed by atoms with Gasteiger partial charge in [-0.25, -0.2) is 0 Å². The first-order chi connectivity index (χ1) is 20.4. The molecule has 2 aromatic rings. The molecule has 222 valence electrons. The van der Waals surface area contributed by atoms with Crippen LogP contribution in [0.1, 0.15) is 94.1 Å². The Labute approximate surface area is 248 Å². The van der Waals surface area contributed by atoms with Crippen LogP contribution in [0.15, 0.2) is 36.4 Å². The van der Waals surface area contributed by atoms with Crippen LogP contribution in [0.2, 0.25) is 0 Å². The van der Waals surface area contributed by atoms with E-state index < -0.39 is 22.7 Å². The van der Waals surface area contributed by atoms with Gasteiger partial charge >= 0.3 is 5.97 Å². The highest BCUT2D eigenvalue weighted by molar-refractivity contribution is 5.77. The number of carboxylic acid groups (broad SMARTS) is 1. The number of nitriles is 2. The van der Waals surface area contributed by atoms with E-state index in [0.29, 0.717) is 41.4 Å². The van der Waals surface area contributed by atoms with Gasteiger partial charge in [-0.05, 0) is 112 Å². The summed E-state index contributed by atoms with van der Waals surface area (Å²) < 4.78 is 23.6. The van der Waals surface area contributed by atoms with Gasteiger partial charge in [0.15, 0.2) is 23.0 Å². The Kier molecular flexibility index (Phi) is 8.82. The molecule has 3 fully saturated rings. The maximum Gasteiger partial charge on any atom is 0.311 e. The van der Waals surface area contributed by atoms with Gasteiger partial charge in [-0.2, -0.15) is 10.5 Å². The predicted octanol–water partition coefficient (Wildman–Crippen LogP) is 7.06. The first kappa shape index (κ1) is 29.6. The second-order valence-electron chi connectivity index (χ2n) is 12.0. The van der Waals surface area contributed by atoms with Crippen molar-refractivity contribution in [2.75, 3.05) is 14.2 Å². The van der Waals surface area contributed by atoms with E-state index in [2.05, 4.69) is 12.1 Å². The van der Waals surface area contributed by atoms with Crippen LogP contribution in [0.5, 0.6) is 23.0 Å². The largest absolute Gasteiger partial charge is 0.493 e. The number of aliphatic carboxylic acids is 1. The van der Waals surface area contributed by atoms with E-state index in [9.17, 15) is 20.4 Å². The van der Waals surface area contributed by atoms with Gasteiger partial charge in [-0.1, -0.05) is 12.1 Å². The number of methoxy groups -OCH3 is 2. The molecular formula is C34H40N2O6. The van der Waals surface area contributed by atoms with Crippen molar-refractivity contribution in [3.05, 3.63) is 47.5 Å². The van der Waals surface area contributed by atoms with Gasteiger partial charge in [0.05, 0.1) is 55.3 Å². The molecule has 8 nitrogen and oxygen atoms in total. The average Bonchev–Trinajstić information content (AvgIpc) is 3.73. The first-order valence-electron chi connectivity index (χ1n) is 15.1. The minimum atomic E-state index is -1.34.